The molecule has 0 unspecified atom stereocenters. The van der Waals surface area contributed by atoms with Gasteiger partial charge in [0.2, 0.25) is 5.91 Å². The highest BCUT2D eigenvalue weighted by Crippen LogP contribution is 2.20. The molecule has 0 spiro atoms. The zero-order valence-corrected chi connectivity index (χ0v) is 10.7. The Morgan fingerprint density at radius 2 is 1.83 bits per heavy atom. The van der Waals surface area contributed by atoms with E-state index in [4.69, 9.17) is 9.84 Å². The molecule has 1 N–H and O–H groups in total. The highest BCUT2D eigenvalue weighted by Gasteiger charge is 2.21. The maximum Gasteiger partial charge on any atom is 0.323 e. The number of methoxy groups -OCH3 is 1. The Labute approximate surface area is 106 Å². The minimum absolute atomic E-state index is 0.220. The predicted molar refractivity (Wildman–Crippen MR) is 67.8 cm³/mol. The van der Waals surface area contributed by atoms with Gasteiger partial charge in [-0.1, -0.05) is 13.8 Å². The number of anilines is 1. The summed E-state index contributed by atoms with van der Waals surface area (Å²) in [5.41, 5.74) is 0.553. The number of hydrogen-bond acceptors (Lipinski definition) is 3. The smallest absolute Gasteiger partial charge is 0.323 e. The molecule has 0 saturated carbocycles. The van der Waals surface area contributed by atoms with Crippen LogP contribution in [0.2, 0.25) is 0 Å². The molecule has 5 heteroatoms. The molecule has 0 aliphatic carbocycles. The number of carbonyl (C=O) groups excluding carboxylic acids is 1. The predicted octanol–water partition coefficient (Wildman–Crippen LogP) is 1.77. The Morgan fingerprint density at radius 3 is 2.22 bits per heavy atom. The van der Waals surface area contributed by atoms with Gasteiger partial charge in [-0.3, -0.25) is 9.59 Å². The van der Waals surface area contributed by atoms with Crippen molar-refractivity contribution in [1.29, 1.82) is 0 Å². The lowest BCUT2D eigenvalue weighted by Gasteiger charge is -2.23. The van der Waals surface area contributed by atoms with Gasteiger partial charge in [-0.05, 0) is 24.3 Å². The lowest BCUT2D eigenvalue weighted by Crippen LogP contribution is -2.38. The molecule has 0 saturated heterocycles. The van der Waals surface area contributed by atoms with E-state index in [1.54, 1.807) is 45.2 Å². The Bertz CT molecular complexity index is 425. The molecule has 1 rings (SSSR count). The van der Waals surface area contributed by atoms with E-state index in [9.17, 15) is 9.59 Å². The Morgan fingerprint density at radius 1 is 1.28 bits per heavy atom. The Kier molecular flexibility index (Phi) is 4.71. The van der Waals surface area contributed by atoms with Gasteiger partial charge in [-0.2, -0.15) is 0 Å². The number of amides is 1. The van der Waals surface area contributed by atoms with Gasteiger partial charge in [-0.25, -0.2) is 0 Å². The number of aliphatic carboxylic acids is 1. The van der Waals surface area contributed by atoms with E-state index in [0.717, 1.165) is 0 Å². The van der Waals surface area contributed by atoms with Crippen molar-refractivity contribution in [3.8, 4) is 5.75 Å². The topological polar surface area (TPSA) is 66.8 Å². The summed E-state index contributed by atoms with van der Waals surface area (Å²) >= 11 is 0. The minimum atomic E-state index is -1.04. The highest BCUT2D eigenvalue weighted by atomic mass is 16.5. The maximum absolute atomic E-state index is 12.0. The van der Waals surface area contributed by atoms with Crippen molar-refractivity contribution in [1.82, 2.24) is 0 Å². The summed E-state index contributed by atoms with van der Waals surface area (Å²) in [7, 11) is 1.54. The molecule has 5 nitrogen and oxygen atoms in total. The van der Waals surface area contributed by atoms with Crippen LogP contribution in [0.3, 0.4) is 0 Å². The third-order valence-corrected chi connectivity index (χ3v) is 2.44. The van der Waals surface area contributed by atoms with Gasteiger partial charge in [0.05, 0.1) is 7.11 Å². The van der Waals surface area contributed by atoms with Crippen molar-refractivity contribution in [2.45, 2.75) is 13.8 Å². The first-order valence-corrected chi connectivity index (χ1v) is 5.63. The van der Waals surface area contributed by atoms with Gasteiger partial charge >= 0.3 is 5.97 Å². The number of nitrogens with zero attached hydrogens (tertiary/aromatic N) is 1. The molecule has 18 heavy (non-hydrogen) atoms. The van der Waals surface area contributed by atoms with Crippen LogP contribution in [0, 0.1) is 5.92 Å². The molecule has 0 aliphatic heterocycles. The van der Waals surface area contributed by atoms with Crippen LogP contribution < -0.4 is 9.64 Å². The fourth-order valence-corrected chi connectivity index (χ4v) is 1.51. The van der Waals surface area contributed by atoms with Crippen molar-refractivity contribution in [2.24, 2.45) is 5.92 Å². The molecule has 0 aromatic heterocycles. The molecule has 0 radical (unpaired) electrons. The maximum atomic E-state index is 12.0. The average molecular weight is 251 g/mol. The molecule has 0 heterocycles. The zero-order valence-electron chi connectivity index (χ0n) is 10.7. The lowest BCUT2D eigenvalue weighted by atomic mass is 10.1. The molecule has 1 aromatic carbocycles. The summed E-state index contributed by atoms with van der Waals surface area (Å²) in [6.07, 6.45) is 0. The fraction of sp³-hybridized carbons (Fsp3) is 0.385. The average Bonchev–Trinajstić information content (AvgIpc) is 2.35. The number of ether oxygens (including phenoxy) is 1. The van der Waals surface area contributed by atoms with Crippen molar-refractivity contribution in [3.05, 3.63) is 24.3 Å². The van der Waals surface area contributed by atoms with Crippen LogP contribution in [0.1, 0.15) is 13.8 Å². The molecule has 0 fully saturated rings. The van der Waals surface area contributed by atoms with E-state index in [1.807, 2.05) is 0 Å². The van der Waals surface area contributed by atoms with Gasteiger partial charge < -0.3 is 14.7 Å². The molecule has 0 atom stereocenters. The first-order valence-electron chi connectivity index (χ1n) is 5.63. The molecule has 1 amide bonds. The SMILES string of the molecule is COc1ccc(N(CC(=O)O)C(=O)C(C)C)cc1. The van der Waals surface area contributed by atoms with E-state index < -0.39 is 5.97 Å². The van der Waals surface area contributed by atoms with Crippen LogP contribution >= 0.6 is 0 Å². The minimum Gasteiger partial charge on any atom is -0.497 e. The normalized spacial score (nSPS) is 10.2. The lowest BCUT2D eigenvalue weighted by molar-refractivity contribution is -0.137. The number of rotatable bonds is 5. The number of carbonyl (C=O) groups is 2. The third-order valence-electron chi connectivity index (χ3n) is 2.44. The quantitative estimate of drug-likeness (QED) is 0.866. The van der Waals surface area contributed by atoms with Gasteiger partial charge in [0.1, 0.15) is 12.3 Å². The van der Waals surface area contributed by atoms with Crippen molar-refractivity contribution < 1.29 is 19.4 Å². The first kappa shape index (κ1) is 14.0. The van der Waals surface area contributed by atoms with E-state index in [1.165, 1.54) is 4.90 Å². The zero-order chi connectivity index (χ0) is 13.7. The molecule has 1 aromatic rings. The second-order valence-electron chi connectivity index (χ2n) is 4.17. The highest BCUT2D eigenvalue weighted by molar-refractivity contribution is 5.98. The van der Waals surface area contributed by atoms with Crippen LogP contribution in [0.15, 0.2) is 24.3 Å². The summed E-state index contributed by atoms with van der Waals surface area (Å²) in [4.78, 5) is 24.0. The van der Waals surface area contributed by atoms with E-state index in [2.05, 4.69) is 0 Å². The number of benzene rings is 1. The van der Waals surface area contributed by atoms with Crippen LogP contribution in [0.5, 0.6) is 5.75 Å². The van der Waals surface area contributed by atoms with Crippen LogP contribution in [-0.2, 0) is 9.59 Å². The van der Waals surface area contributed by atoms with Gasteiger partial charge in [0.25, 0.3) is 0 Å². The standard InChI is InChI=1S/C13H17NO4/c1-9(2)13(17)14(8-12(15)16)10-4-6-11(18-3)7-5-10/h4-7,9H,8H2,1-3H3,(H,15,16). The number of carboxylic acids is 1. The van der Waals surface area contributed by atoms with Crippen LogP contribution in [-0.4, -0.2) is 30.6 Å². The molecular weight excluding hydrogens is 234 g/mol. The van der Waals surface area contributed by atoms with Crippen molar-refractivity contribution in [3.63, 3.8) is 0 Å². The third kappa shape index (κ3) is 3.48. The second kappa shape index (κ2) is 6.05. The Balaban J connectivity index is 3.00. The molecular formula is C13H17NO4. The van der Waals surface area contributed by atoms with Gasteiger partial charge in [-0.15, -0.1) is 0 Å². The molecule has 0 aliphatic rings. The second-order valence-corrected chi connectivity index (χ2v) is 4.17. The Hall–Kier alpha value is -2.04. The van der Waals surface area contributed by atoms with Gasteiger partial charge in [0, 0.05) is 11.6 Å². The monoisotopic (exact) mass is 251 g/mol. The van der Waals surface area contributed by atoms with Crippen molar-refractivity contribution >= 4 is 17.6 Å². The van der Waals surface area contributed by atoms with E-state index in [0.29, 0.717) is 11.4 Å². The van der Waals surface area contributed by atoms with Crippen molar-refractivity contribution in [2.75, 3.05) is 18.6 Å². The summed E-state index contributed by atoms with van der Waals surface area (Å²) in [5.74, 6) is -0.861. The van der Waals surface area contributed by atoms with Crippen LogP contribution in [0.4, 0.5) is 5.69 Å². The van der Waals surface area contributed by atoms with E-state index in [-0.39, 0.29) is 18.4 Å². The summed E-state index contributed by atoms with van der Waals surface area (Å²) in [5, 5.41) is 8.86. The summed E-state index contributed by atoms with van der Waals surface area (Å²) in [6.45, 7) is 3.13. The summed E-state index contributed by atoms with van der Waals surface area (Å²) < 4.78 is 5.02. The van der Waals surface area contributed by atoms with Gasteiger partial charge in [0.15, 0.2) is 0 Å². The fourth-order valence-electron chi connectivity index (χ4n) is 1.51. The van der Waals surface area contributed by atoms with Crippen LogP contribution in [0.25, 0.3) is 0 Å². The number of carboxylic acid groups (broad SMARTS) is 1. The summed E-state index contributed by atoms with van der Waals surface area (Å²) in [6, 6.07) is 6.72. The van der Waals surface area contributed by atoms with E-state index >= 15 is 0 Å². The number of hydrogen-bond donors (Lipinski definition) is 1. The first-order chi connectivity index (χ1) is 8.45. The molecule has 0 bridgehead atoms. The molecule has 98 valence electrons. The largest absolute Gasteiger partial charge is 0.497 e.